The van der Waals surface area contributed by atoms with E-state index in [9.17, 15) is 0 Å². The van der Waals surface area contributed by atoms with Crippen molar-refractivity contribution in [2.45, 2.75) is 38.6 Å². The highest BCUT2D eigenvalue weighted by Crippen LogP contribution is 2.35. The highest BCUT2D eigenvalue weighted by atomic mass is 16.5. The molecule has 0 aliphatic rings. The molecule has 0 bridgehead atoms. The van der Waals surface area contributed by atoms with Crippen molar-refractivity contribution < 1.29 is 9.47 Å². The zero-order valence-corrected chi connectivity index (χ0v) is 13.0. The molecule has 0 amide bonds. The van der Waals surface area contributed by atoms with Crippen LogP contribution < -0.4 is 15.2 Å². The molecule has 0 aliphatic carbocycles. The van der Waals surface area contributed by atoms with Gasteiger partial charge in [0, 0.05) is 23.1 Å². The Balaban J connectivity index is 2.60. The maximum Gasteiger partial charge on any atom is 0.163 e. The van der Waals surface area contributed by atoms with Crippen LogP contribution in [0.1, 0.15) is 33.5 Å². The van der Waals surface area contributed by atoms with Gasteiger partial charge in [-0.2, -0.15) is 0 Å². The average molecular weight is 277 g/mol. The molecule has 0 spiro atoms. The van der Waals surface area contributed by atoms with E-state index in [4.69, 9.17) is 15.2 Å². The molecule has 0 unspecified atom stereocenters. The van der Waals surface area contributed by atoms with Crippen molar-refractivity contribution in [3.63, 3.8) is 0 Å². The molecule has 0 fully saturated rings. The highest BCUT2D eigenvalue weighted by Gasteiger charge is 2.37. The summed E-state index contributed by atoms with van der Waals surface area (Å²) in [5, 5.41) is 0. The number of aromatic amines is 1. The molecule has 0 saturated heterocycles. The van der Waals surface area contributed by atoms with E-state index in [-0.39, 0.29) is 5.41 Å². The van der Waals surface area contributed by atoms with Gasteiger partial charge in [-0.1, -0.05) is 13.8 Å². The zero-order chi connectivity index (χ0) is 15.1. The fourth-order valence-corrected chi connectivity index (χ4v) is 1.94. The van der Waals surface area contributed by atoms with Crippen molar-refractivity contribution in [1.29, 1.82) is 0 Å². The van der Waals surface area contributed by atoms with Gasteiger partial charge in [-0.3, -0.25) is 0 Å². The number of hydrogen-bond donors (Lipinski definition) is 2. The third kappa shape index (κ3) is 2.22. The lowest BCUT2D eigenvalue weighted by molar-refractivity contribution is 0.293. The van der Waals surface area contributed by atoms with Crippen LogP contribution in [0, 0.1) is 0 Å². The van der Waals surface area contributed by atoms with Crippen LogP contribution in [0.3, 0.4) is 0 Å². The number of nitrogens with zero attached hydrogens (tertiary/aromatic N) is 1. The number of ether oxygens (including phenoxy) is 2. The minimum atomic E-state index is -0.394. The fraction of sp³-hybridized carbons (Fsp3) is 0.533. The number of methoxy groups -OCH3 is 2. The summed E-state index contributed by atoms with van der Waals surface area (Å²) in [4.78, 5) is 8.01. The summed E-state index contributed by atoms with van der Waals surface area (Å²) in [6.07, 6.45) is 0. The number of hydrogen-bond acceptors (Lipinski definition) is 4. The molecule has 0 saturated carbocycles. The van der Waals surface area contributed by atoms with Gasteiger partial charge in [-0.05, 0) is 13.8 Å². The largest absolute Gasteiger partial charge is 0.493 e. The first-order valence-electron chi connectivity index (χ1n) is 6.62. The Morgan fingerprint density at radius 2 is 1.60 bits per heavy atom. The maximum atomic E-state index is 6.27. The summed E-state index contributed by atoms with van der Waals surface area (Å²) in [7, 11) is 3.23. The van der Waals surface area contributed by atoms with E-state index in [1.54, 1.807) is 14.2 Å². The van der Waals surface area contributed by atoms with E-state index >= 15 is 0 Å². The third-order valence-electron chi connectivity index (χ3n) is 4.19. The average Bonchev–Trinajstić information content (AvgIpc) is 2.78. The number of fused-ring (bicyclic) bond motifs is 1. The van der Waals surface area contributed by atoms with Gasteiger partial charge in [0.05, 0.1) is 25.3 Å². The van der Waals surface area contributed by atoms with Crippen molar-refractivity contribution in [2.24, 2.45) is 5.73 Å². The van der Waals surface area contributed by atoms with Gasteiger partial charge in [0.1, 0.15) is 5.82 Å². The quantitative estimate of drug-likeness (QED) is 0.901. The molecule has 0 aliphatic heterocycles. The van der Waals surface area contributed by atoms with Crippen molar-refractivity contribution in [1.82, 2.24) is 9.97 Å². The van der Waals surface area contributed by atoms with E-state index in [0.717, 1.165) is 16.9 Å². The maximum absolute atomic E-state index is 6.27. The van der Waals surface area contributed by atoms with Crippen LogP contribution in [0.15, 0.2) is 12.1 Å². The number of imidazole rings is 1. The van der Waals surface area contributed by atoms with E-state index in [1.165, 1.54) is 0 Å². The van der Waals surface area contributed by atoms with Crippen LogP contribution in [-0.4, -0.2) is 29.7 Å². The summed E-state index contributed by atoms with van der Waals surface area (Å²) in [5.74, 6) is 2.21. The fourth-order valence-electron chi connectivity index (χ4n) is 1.94. The third-order valence-corrected chi connectivity index (χ3v) is 4.19. The molecular weight excluding hydrogens is 254 g/mol. The summed E-state index contributed by atoms with van der Waals surface area (Å²) < 4.78 is 10.6. The first kappa shape index (κ1) is 14.7. The highest BCUT2D eigenvalue weighted by molar-refractivity contribution is 5.80. The van der Waals surface area contributed by atoms with Gasteiger partial charge in [0.25, 0.3) is 0 Å². The number of benzene rings is 1. The van der Waals surface area contributed by atoms with E-state index in [2.05, 4.69) is 23.8 Å². The van der Waals surface area contributed by atoms with Gasteiger partial charge < -0.3 is 20.2 Å². The number of H-pyrrole nitrogens is 1. The molecule has 110 valence electrons. The first-order chi connectivity index (χ1) is 9.20. The molecular formula is C15H23N3O2. The Morgan fingerprint density at radius 3 is 2.10 bits per heavy atom. The molecule has 1 heterocycles. The zero-order valence-electron chi connectivity index (χ0n) is 13.0. The Kier molecular flexibility index (Phi) is 3.42. The second kappa shape index (κ2) is 4.66. The lowest BCUT2D eigenvalue weighted by Crippen LogP contribution is -2.50. The molecule has 1 aromatic heterocycles. The lowest BCUT2D eigenvalue weighted by Gasteiger charge is -2.36. The van der Waals surface area contributed by atoms with Crippen LogP contribution in [-0.2, 0) is 5.41 Å². The second-order valence-corrected chi connectivity index (χ2v) is 6.16. The van der Waals surface area contributed by atoms with E-state index < -0.39 is 5.54 Å². The molecule has 1 aromatic carbocycles. The summed E-state index contributed by atoms with van der Waals surface area (Å²) >= 11 is 0. The molecule has 3 N–H and O–H groups in total. The summed E-state index contributed by atoms with van der Waals surface area (Å²) in [5.41, 5.74) is 7.35. The molecule has 5 heteroatoms. The van der Waals surface area contributed by atoms with E-state index in [0.29, 0.717) is 11.5 Å². The summed E-state index contributed by atoms with van der Waals surface area (Å²) in [6.45, 7) is 8.17. The van der Waals surface area contributed by atoms with Crippen molar-refractivity contribution in [3.05, 3.63) is 18.0 Å². The number of aromatic nitrogens is 2. The van der Waals surface area contributed by atoms with Crippen LogP contribution in [0.5, 0.6) is 11.5 Å². The molecule has 2 rings (SSSR count). The van der Waals surface area contributed by atoms with Gasteiger partial charge in [0.2, 0.25) is 0 Å². The number of rotatable bonds is 4. The van der Waals surface area contributed by atoms with Crippen molar-refractivity contribution in [2.75, 3.05) is 14.2 Å². The van der Waals surface area contributed by atoms with Crippen molar-refractivity contribution >= 4 is 11.0 Å². The van der Waals surface area contributed by atoms with Crippen LogP contribution in [0.2, 0.25) is 0 Å². The monoisotopic (exact) mass is 277 g/mol. The van der Waals surface area contributed by atoms with Gasteiger partial charge in [0.15, 0.2) is 11.5 Å². The topological polar surface area (TPSA) is 73.2 Å². The Bertz CT molecular complexity index is 583. The van der Waals surface area contributed by atoms with Gasteiger partial charge in [-0.15, -0.1) is 0 Å². The molecule has 5 nitrogen and oxygen atoms in total. The van der Waals surface area contributed by atoms with Crippen molar-refractivity contribution in [3.8, 4) is 11.5 Å². The SMILES string of the molecule is COc1cc2nc(C(C)(C)C(C)(C)N)[nH]c2cc1OC. The van der Waals surface area contributed by atoms with Crippen LogP contribution in [0.25, 0.3) is 11.0 Å². The Morgan fingerprint density at radius 1 is 1.05 bits per heavy atom. The molecule has 0 atom stereocenters. The predicted molar refractivity (Wildman–Crippen MR) is 80.5 cm³/mol. The molecule has 20 heavy (non-hydrogen) atoms. The van der Waals surface area contributed by atoms with E-state index in [1.807, 2.05) is 26.0 Å². The Hall–Kier alpha value is -1.75. The smallest absolute Gasteiger partial charge is 0.163 e. The summed E-state index contributed by atoms with van der Waals surface area (Å²) in [6, 6.07) is 3.76. The number of nitrogens with two attached hydrogens (primary N) is 1. The molecule has 2 aromatic rings. The minimum absolute atomic E-state index is 0.285. The van der Waals surface area contributed by atoms with Crippen LogP contribution in [0.4, 0.5) is 0 Å². The van der Waals surface area contributed by atoms with Crippen LogP contribution >= 0.6 is 0 Å². The Labute approximate surface area is 119 Å². The minimum Gasteiger partial charge on any atom is -0.493 e. The molecule has 0 radical (unpaired) electrons. The number of nitrogens with one attached hydrogen (secondary N) is 1. The first-order valence-corrected chi connectivity index (χ1v) is 6.62. The van der Waals surface area contributed by atoms with Gasteiger partial charge in [-0.25, -0.2) is 4.98 Å². The lowest BCUT2D eigenvalue weighted by atomic mass is 9.74. The normalized spacial score (nSPS) is 12.8. The van der Waals surface area contributed by atoms with Gasteiger partial charge >= 0.3 is 0 Å². The predicted octanol–water partition coefficient (Wildman–Crippen LogP) is 2.60. The standard InChI is InChI=1S/C15H23N3O2/c1-14(2,15(3,4)16)13-17-9-7-11(19-5)12(20-6)8-10(9)18-13/h7-8H,16H2,1-6H3,(H,17,18). The second-order valence-electron chi connectivity index (χ2n) is 6.16.